The molecule has 0 aromatic heterocycles. The molecule has 0 aromatic rings. The topological polar surface area (TPSA) is 24.4 Å². The van der Waals surface area contributed by atoms with Crippen molar-refractivity contribution in [1.82, 2.24) is 5.32 Å². The van der Waals surface area contributed by atoms with E-state index < -0.39 is 0 Å². The lowest BCUT2D eigenvalue weighted by Gasteiger charge is -2.21. The molecule has 2 aliphatic carbocycles. The van der Waals surface area contributed by atoms with Crippen LogP contribution in [0.25, 0.3) is 0 Å². The normalized spacial score (nSPS) is 38.2. The third-order valence-electron chi connectivity index (χ3n) is 4.25. The summed E-state index contributed by atoms with van der Waals surface area (Å²) < 4.78 is 0. The van der Waals surface area contributed by atoms with Gasteiger partial charge in [-0.05, 0) is 31.6 Å². The highest BCUT2D eigenvalue weighted by Gasteiger charge is 2.42. The summed E-state index contributed by atoms with van der Waals surface area (Å²) in [6, 6.07) is 0.659. The van der Waals surface area contributed by atoms with Crippen molar-refractivity contribution < 1.29 is 0 Å². The molecule has 2 nitrogen and oxygen atoms in total. The van der Waals surface area contributed by atoms with Crippen LogP contribution < -0.4 is 5.32 Å². The minimum Gasteiger partial charge on any atom is -0.359 e. The fraction of sp³-hybridized carbons (Fsp3) is 0.923. The van der Waals surface area contributed by atoms with Crippen LogP contribution in [0.4, 0.5) is 0 Å². The minimum atomic E-state index is 0.443. The number of amidine groups is 1. The van der Waals surface area contributed by atoms with Crippen molar-refractivity contribution in [2.75, 3.05) is 5.75 Å². The van der Waals surface area contributed by atoms with E-state index in [-0.39, 0.29) is 0 Å². The van der Waals surface area contributed by atoms with Gasteiger partial charge in [-0.25, -0.2) is 0 Å². The van der Waals surface area contributed by atoms with Gasteiger partial charge in [0.25, 0.3) is 0 Å². The Labute approximate surface area is 103 Å². The molecule has 0 bridgehead atoms. The first-order valence-corrected chi connectivity index (χ1v) is 7.79. The number of rotatable bonds is 3. The molecule has 3 rings (SSSR count). The molecule has 16 heavy (non-hydrogen) atoms. The number of hydrogen-bond donors (Lipinski definition) is 1. The zero-order valence-corrected chi connectivity index (χ0v) is 11.0. The summed E-state index contributed by atoms with van der Waals surface area (Å²) in [5.41, 5.74) is 0.443. The number of hydrogen-bond acceptors (Lipinski definition) is 2. The first kappa shape index (κ1) is 10.9. The number of nitrogens with zero attached hydrogens (tertiary/aromatic N) is 1. The van der Waals surface area contributed by atoms with Crippen LogP contribution in [0.5, 0.6) is 0 Å². The van der Waals surface area contributed by atoms with Crippen molar-refractivity contribution in [3.63, 3.8) is 0 Å². The number of nitrogens with one attached hydrogen (secondary N) is 1. The van der Waals surface area contributed by atoms with Crippen LogP contribution in [0.15, 0.2) is 4.99 Å². The van der Waals surface area contributed by atoms with Crippen molar-refractivity contribution in [3.05, 3.63) is 0 Å². The van der Waals surface area contributed by atoms with E-state index in [1.165, 1.54) is 55.9 Å². The van der Waals surface area contributed by atoms with Gasteiger partial charge in [-0.1, -0.05) is 37.9 Å². The van der Waals surface area contributed by atoms with E-state index in [0.29, 0.717) is 11.6 Å². The maximum Gasteiger partial charge on any atom is 0.157 e. The van der Waals surface area contributed by atoms with E-state index in [1.807, 2.05) is 11.8 Å². The zero-order chi connectivity index (χ0) is 11.0. The maximum atomic E-state index is 4.88. The monoisotopic (exact) mass is 238 g/mol. The lowest BCUT2D eigenvalue weighted by atomic mass is 10.0. The molecule has 1 spiro atoms. The van der Waals surface area contributed by atoms with Crippen molar-refractivity contribution in [2.45, 2.75) is 63.5 Å². The van der Waals surface area contributed by atoms with Gasteiger partial charge < -0.3 is 5.32 Å². The standard InChI is InChI=1S/C13H22N2S/c1-2-5-10-8-11(10)14-12-15-13(9-16-12)6-3-4-7-13/h10-11H,2-9H2,1H3,(H,14,15). The first-order chi connectivity index (χ1) is 7.81. The molecule has 2 saturated carbocycles. The molecule has 0 radical (unpaired) electrons. The Hall–Kier alpha value is -0.180. The first-order valence-electron chi connectivity index (χ1n) is 6.80. The van der Waals surface area contributed by atoms with E-state index in [0.717, 1.165) is 5.92 Å². The molecule has 3 fully saturated rings. The zero-order valence-electron chi connectivity index (χ0n) is 10.2. The Morgan fingerprint density at radius 1 is 1.44 bits per heavy atom. The van der Waals surface area contributed by atoms with Gasteiger partial charge >= 0.3 is 0 Å². The number of thioether (sulfide) groups is 1. The molecular formula is C13H22N2S. The average molecular weight is 238 g/mol. The molecule has 90 valence electrons. The summed E-state index contributed by atoms with van der Waals surface area (Å²) >= 11 is 1.97. The Bertz CT molecular complexity index is 294. The maximum absolute atomic E-state index is 4.88. The van der Waals surface area contributed by atoms with Crippen molar-refractivity contribution >= 4 is 16.9 Å². The number of aliphatic imine (C=N–C) groups is 1. The van der Waals surface area contributed by atoms with Crippen LogP contribution in [-0.4, -0.2) is 22.5 Å². The van der Waals surface area contributed by atoms with E-state index in [1.54, 1.807) is 0 Å². The van der Waals surface area contributed by atoms with Crippen LogP contribution >= 0.6 is 11.8 Å². The Morgan fingerprint density at radius 3 is 3.00 bits per heavy atom. The fourth-order valence-electron chi connectivity index (χ4n) is 3.12. The van der Waals surface area contributed by atoms with Crippen LogP contribution in [0.2, 0.25) is 0 Å². The Balaban J connectivity index is 1.56. The van der Waals surface area contributed by atoms with E-state index >= 15 is 0 Å². The lowest BCUT2D eigenvalue weighted by molar-refractivity contribution is 0.452. The summed E-state index contributed by atoms with van der Waals surface area (Å²) in [7, 11) is 0. The van der Waals surface area contributed by atoms with E-state index in [2.05, 4.69) is 12.2 Å². The van der Waals surface area contributed by atoms with Crippen LogP contribution in [0.1, 0.15) is 51.9 Å². The second-order valence-corrected chi connectivity index (χ2v) is 6.65. The van der Waals surface area contributed by atoms with Gasteiger partial charge in [-0.15, -0.1) is 0 Å². The van der Waals surface area contributed by atoms with Crippen LogP contribution in [0, 0.1) is 5.92 Å². The SMILES string of the molecule is CCCC1CC1N=C1NC2(CCCC2)CS1. The summed E-state index contributed by atoms with van der Waals surface area (Å²) in [6.07, 6.45) is 9.57. The molecule has 1 N–H and O–H groups in total. The van der Waals surface area contributed by atoms with Gasteiger partial charge in [0.2, 0.25) is 0 Å². The highest BCUT2D eigenvalue weighted by molar-refractivity contribution is 8.14. The van der Waals surface area contributed by atoms with Gasteiger partial charge in [0.15, 0.2) is 5.17 Å². The second-order valence-electron chi connectivity index (χ2n) is 5.69. The molecular weight excluding hydrogens is 216 g/mol. The van der Waals surface area contributed by atoms with Crippen LogP contribution in [0.3, 0.4) is 0 Å². The molecule has 1 heterocycles. The molecule has 2 atom stereocenters. The Morgan fingerprint density at radius 2 is 2.25 bits per heavy atom. The predicted molar refractivity (Wildman–Crippen MR) is 71.0 cm³/mol. The highest BCUT2D eigenvalue weighted by atomic mass is 32.2. The van der Waals surface area contributed by atoms with Gasteiger partial charge in [0, 0.05) is 11.3 Å². The third kappa shape index (κ3) is 2.11. The highest BCUT2D eigenvalue weighted by Crippen LogP contribution is 2.41. The summed E-state index contributed by atoms with van der Waals surface area (Å²) in [4.78, 5) is 4.88. The van der Waals surface area contributed by atoms with Gasteiger partial charge in [-0.2, -0.15) is 0 Å². The quantitative estimate of drug-likeness (QED) is 0.816. The summed E-state index contributed by atoms with van der Waals surface area (Å²) in [5.74, 6) is 2.16. The van der Waals surface area contributed by atoms with Crippen LogP contribution in [-0.2, 0) is 0 Å². The lowest BCUT2D eigenvalue weighted by Crippen LogP contribution is -2.40. The molecule has 3 heteroatoms. The molecule has 0 aromatic carbocycles. The van der Waals surface area contributed by atoms with Gasteiger partial charge in [0.1, 0.15) is 0 Å². The van der Waals surface area contributed by atoms with Gasteiger partial charge in [-0.3, -0.25) is 4.99 Å². The molecule has 1 aliphatic heterocycles. The minimum absolute atomic E-state index is 0.443. The molecule has 0 amide bonds. The average Bonchev–Trinajstić information content (AvgIpc) is 2.73. The van der Waals surface area contributed by atoms with Gasteiger partial charge in [0.05, 0.1) is 6.04 Å². The largest absolute Gasteiger partial charge is 0.359 e. The van der Waals surface area contributed by atoms with E-state index in [9.17, 15) is 0 Å². The van der Waals surface area contributed by atoms with E-state index in [4.69, 9.17) is 4.99 Å². The van der Waals surface area contributed by atoms with Crippen molar-refractivity contribution in [3.8, 4) is 0 Å². The summed E-state index contributed by atoms with van der Waals surface area (Å²) in [5, 5.41) is 4.97. The molecule has 2 unspecified atom stereocenters. The molecule has 3 aliphatic rings. The third-order valence-corrected chi connectivity index (χ3v) is 5.42. The van der Waals surface area contributed by atoms with Crippen molar-refractivity contribution in [1.29, 1.82) is 0 Å². The fourth-order valence-corrected chi connectivity index (χ4v) is 4.39. The smallest absolute Gasteiger partial charge is 0.157 e. The second kappa shape index (κ2) is 4.25. The Kier molecular flexibility index (Phi) is 2.90. The molecule has 1 saturated heterocycles. The predicted octanol–water partition coefficient (Wildman–Crippen LogP) is 3.18. The summed E-state index contributed by atoms with van der Waals surface area (Å²) in [6.45, 7) is 2.28. The van der Waals surface area contributed by atoms with Crippen molar-refractivity contribution in [2.24, 2.45) is 10.9 Å².